The monoisotopic (exact) mass is 518 g/mol. The molecule has 1 aromatic rings. The number of amides is 1. The van der Waals surface area contributed by atoms with Crippen molar-refractivity contribution in [1.82, 2.24) is 15.5 Å². The maximum absolute atomic E-state index is 12.7. The summed E-state index contributed by atoms with van der Waals surface area (Å²) in [6.45, 7) is 10.5. The van der Waals surface area contributed by atoms with Crippen LogP contribution in [0.2, 0.25) is 0 Å². The minimum absolute atomic E-state index is 0. The van der Waals surface area contributed by atoms with Crippen LogP contribution in [-0.2, 0) is 6.54 Å². The highest BCUT2D eigenvalue weighted by atomic mass is 127. The molecule has 2 rings (SSSR count). The molecule has 5 nitrogen and oxygen atoms in total. The fraction of sp³-hybridized carbons (Fsp3) is 0.619. The highest BCUT2D eigenvalue weighted by molar-refractivity contribution is 14.0. The number of hydrogen-bond acceptors (Lipinski definition) is 3. The molecule has 0 atom stereocenters. The summed E-state index contributed by atoms with van der Waals surface area (Å²) in [4.78, 5) is 19.4. The molecule has 1 saturated heterocycles. The third kappa shape index (κ3) is 8.19. The molecule has 2 N–H and O–H groups in total. The SMILES string of the molecule is CCNC(=NCc1cccc(C(=O)N2CCCCC2)c1)NCC(C)(C)SC.I. The first-order chi connectivity index (χ1) is 12.9. The van der Waals surface area contributed by atoms with Crippen molar-refractivity contribution in [3.8, 4) is 0 Å². The zero-order valence-electron chi connectivity index (χ0n) is 17.6. The van der Waals surface area contributed by atoms with E-state index in [1.54, 1.807) is 0 Å². The van der Waals surface area contributed by atoms with Gasteiger partial charge in [0.1, 0.15) is 0 Å². The molecular weight excluding hydrogens is 483 g/mol. The molecule has 0 saturated carbocycles. The Hall–Kier alpha value is -0.960. The van der Waals surface area contributed by atoms with Crippen LogP contribution in [0.15, 0.2) is 29.3 Å². The van der Waals surface area contributed by atoms with E-state index in [0.29, 0.717) is 6.54 Å². The third-order valence-corrected chi connectivity index (χ3v) is 6.06. The molecular formula is C21H35IN4OS. The molecule has 1 heterocycles. The average Bonchev–Trinajstić information content (AvgIpc) is 2.70. The summed E-state index contributed by atoms with van der Waals surface area (Å²) in [5.41, 5.74) is 1.82. The number of benzene rings is 1. The van der Waals surface area contributed by atoms with Crippen LogP contribution >= 0.6 is 35.7 Å². The zero-order chi connectivity index (χ0) is 19.7. The predicted octanol–water partition coefficient (Wildman–Crippen LogP) is 4.13. The molecule has 7 heteroatoms. The molecule has 0 aromatic heterocycles. The van der Waals surface area contributed by atoms with Gasteiger partial charge in [-0.1, -0.05) is 12.1 Å². The van der Waals surface area contributed by atoms with E-state index in [1.807, 2.05) is 40.9 Å². The minimum Gasteiger partial charge on any atom is -0.357 e. The van der Waals surface area contributed by atoms with Gasteiger partial charge in [-0.3, -0.25) is 4.79 Å². The van der Waals surface area contributed by atoms with Crippen molar-refractivity contribution in [2.45, 2.75) is 51.3 Å². The number of rotatable bonds is 7. The Labute approximate surface area is 191 Å². The maximum Gasteiger partial charge on any atom is 0.253 e. The predicted molar refractivity (Wildman–Crippen MR) is 132 cm³/mol. The lowest BCUT2D eigenvalue weighted by atomic mass is 10.1. The summed E-state index contributed by atoms with van der Waals surface area (Å²) in [6.07, 6.45) is 5.57. The summed E-state index contributed by atoms with van der Waals surface area (Å²) in [5.74, 6) is 0.958. The number of carbonyl (C=O) groups is 1. The van der Waals surface area contributed by atoms with Crippen LogP contribution in [0.5, 0.6) is 0 Å². The van der Waals surface area contributed by atoms with Crippen LogP contribution < -0.4 is 10.6 Å². The fourth-order valence-corrected chi connectivity index (χ4v) is 3.18. The second kappa shape index (κ2) is 12.6. The number of halogens is 1. The standard InChI is InChI=1S/C21H34N4OS.HI/c1-5-22-20(24-16-21(2,3)27-4)23-15-17-10-9-11-18(14-17)19(26)25-12-7-6-8-13-25;/h9-11,14H,5-8,12-13,15-16H2,1-4H3,(H2,22,23,24);1H. The fourth-order valence-electron chi connectivity index (χ4n) is 2.96. The molecule has 1 aliphatic rings. The third-order valence-electron chi connectivity index (χ3n) is 4.82. The first-order valence-electron chi connectivity index (χ1n) is 9.91. The molecule has 1 fully saturated rings. The number of guanidine groups is 1. The summed E-state index contributed by atoms with van der Waals surface area (Å²) in [5, 5.41) is 6.71. The van der Waals surface area contributed by atoms with Crippen LogP contribution in [0, 0.1) is 0 Å². The Morgan fingerprint density at radius 3 is 2.57 bits per heavy atom. The maximum atomic E-state index is 12.7. The number of nitrogens with zero attached hydrogens (tertiary/aromatic N) is 2. The Morgan fingerprint density at radius 1 is 1.21 bits per heavy atom. The van der Waals surface area contributed by atoms with Crippen molar-refractivity contribution in [3.63, 3.8) is 0 Å². The van der Waals surface area contributed by atoms with Gasteiger partial charge in [0.15, 0.2) is 5.96 Å². The molecule has 1 amide bonds. The Kier molecular flexibility index (Phi) is 11.3. The normalized spacial score (nSPS) is 15.0. The molecule has 28 heavy (non-hydrogen) atoms. The first-order valence-corrected chi connectivity index (χ1v) is 11.1. The van der Waals surface area contributed by atoms with E-state index in [0.717, 1.165) is 56.1 Å². The zero-order valence-corrected chi connectivity index (χ0v) is 20.7. The van der Waals surface area contributed by atoms with Gasteiger partial charge in [-0.15, -0.1) is 24.0 Å². The van der Waals surface area contributed by atoms with Gasteiger partial charge in [0.2, 0.25) is 0 Å². The van der Waals surface area contributed by atoms with Crippen molar-refractivity contribution >= 4 is 47.6 Å². The van der Waals surface area contributed by atoms with Gasteiger partial charge in [-0.25, -0.2) is 4.99 Å². The van der Waals surface area contributed by atoms with Crippen molar-refractivity contribution in [2.24, 2.45) is 4.99 Å². The molecule has 0 spiro atoms. The van der Waals surface area contributed by atoms with Gasteiger partial charge in [0.05, 0.1) is 6.54 Å². The lowest BCUT2D eigenvalue weighted by Crippen LogP contribution is -2.43. The topological polar surface area (TPSA) is 56.7 Å². The van der Waals surface area contributed by atoms with E-state index in [2.05, 4.69) is 37.7 Å². The van der Waals surface area contributed by atoms with Crippen LogP contribution in [0.4, 0.5) is 0 Å². The number of likely N-dealkylation sites (tertiary alicyclic amines) is 1. The number of carbonyl (C=O) groups excluding carboxylic acids is 1. The van der Waals surface area contributed by atoms with E-state index in [-0.39, 0.29) is 34.6 Å². The smallest absolute Gasteiger partial charge is 0.253 e. The average molecular weight is 519 g/mol. The van der Waals surface area contributed by atoms with Crippen molar-refractivity contribution < 1.29 is 4.79 Å². The van der Waals surface area contributed by atoms with Crippen LogP contribution in [-0.4, -0.2) is 53.9 Å². The summed E-state index contributed by atoms with van der Waals surface area (Å²) < 4.78 is 0.150. The highest BCUT2D eigenvalue weighted by Crippen LogP contribution is 2.19. The second-order valence-corrected chi connectivity index (χ2v) is 9.08. The largest absolute Gasteiger partial charge is 0.357 e. The second-order valence-electron chi connectivity index (χ2n) is 7.57. The lowest BCUT2D eigenvalue weighted by molar-refractivity contribution is 0.0724. The molecule has 0 radical (unpaired) electrons. The molecule has 0 bridgehead atoms. The molecule has 158 valence electrons. The van der Waals surface area contributed by atoms with E-state index < -0.39 is 0 Å². The minimum atomic E-state index is 0. The quantitative estimate of drug-likeness (QED) is 0.324. The lowest BCUT2D eigenvalue weighted by Gasteiger charge is -2.26. The van der Waals surface area contributed by atoms with Crippen LogP contribution in [0.3, 0.4) is 0 Å². The summed E-state index contributed by atoms with van der Waals surface area (Å²) in [6, 6.07) is 7.88. The van der Waals surface area contributed by atoms with Gasteiger partial charge in [-0.05, 0) is 64.0 Å². The number of hydrogen-bond donors (Lipinski definition) is 2. The number of nitrogens with one attached hydrogen (secondary N) is 2. The van der Waals surface area contributed by atoms with Gasteiger partial charge in [0, 0.05) is 36.5 Å². The number of aliphatic imine (C=N–C) groups is 1. The van der Waals surface area contributed by atoms with Gasteiger partial charge < -0.3 is 15.5 Å². The number of thioether (sulfide) groups is 1. The van der Waals surface area contributed by atoms with E-state index in [9.17, 15) is 4.79 Å². The van der Waals surface area contributed by atoms with Crippen molar-refractivity contribution in [1.29, 1.82) is 0 Å². The molecule has 0 unspecified atom stereocenters. The first kappa shape index (κ1) is 25.1. The van der Waals surface area contributed by atoms with E-state index in [1.165, 1.54) is 6.42 Å². The van der Waals surface area contributed by atoms with E-state index in [4.69, 9.17) is 4.99 Å². The Balaban J connectivity index is 0.00000392. The van der Waals surface area contributed by atoms with E-state index >= 15 is 0 Å². The Bertz CT molecular complexity index is 645. The molecule has 0 aliphatic carbocycles. The van der Waals surface area contributed by atoms with Crippen LogP contribution in [0.1, 0.15) is 56.0 Å². The summed E-state index contributed by atoms with van der Waals surface area (Å²) in [7, 11) is 0. The Morgan fingerprint density at radius 2 is 1.93 bits per heavy atom. The van der Waals surface area contributed by atoms with Crippen molar-refractivity contribution in [2.75, 3.05) is 32.4 Å². The highest BCUT2D eigenvalue weighted by Gasteiger charge is 2.18. The van der Waals surface area contributed by atoms with Gasteiger partial charge in [0.25, 0.3) is 5.91 Å². The summed E-state index contributed by atoms with van der Waals surface area (Å²) >= 11 is 1.83. The molecule has 1 aliphatic heterocycles. The van der Waals surface area contributed by atoms with Gasteiger partial charge in [-0.2, -0.15) is 11.8 Å². The molecule has 1 aromatic carbocycles. The number of piperidine rings is 1. The van der Waals surface area contributed by atoms with Gasteiger partial charge >= 0.3 is 0 Å². The van der Waals surface area contributed by atoms with Crippen LogP contribution in [0.25, 0.3) is 0 Å². The van der Waals surface area contributed by atoms with Crippen molar-refractivity contribution in [3.05, 3.63) is 35.4 Å².